The second-order valence-electron chi connectivity index (χ2n) is 2.58. The maximum atomic E-state index is 5.03. The Hall–Kier alpha value is -2.15. The van der Waals surface area contributed by atoms with E-state index in [1.807, 2.05) is 6.92 Å². The minimum absolute atomic E-state index is 0.160. The van der Waals surface area contributed by atoms with Crippen LogP contribution in [0.5, 0.6) is 6.01 Å². The molecule has 0 unspecified atom stereocenters. The first-order valence-electron chi connectivity index (χ1n) is 4.34. The van der Waals surface area contributed by atoms with Gasteiger partial charge in [-0.3, -0.25) is 4.99 Å². The smallest absolute Gasteiger partial charge is 0.317 e. The molecule has 0 radical (unpaired) electrons. The minimum Gasteiger partial charge on any atom is -0.450 e. The van der Waals surface area contributed by atoms with E-state index in [0.29, 0.717) is 5.70 Å². The second-order valence-corrected chi connectivity index (χ2v) is 2.58. The Balaban J connectivity index is 2.72. The Morgan fingerprint density at radius 1 is 1.67 bits per heavy atom. The minimum atomic E-state index is 0.160. The molecule has 0 aromatic carbocycles. The zero-order valence-corrected chi connectivity index (χ0v) is 8.47. The van der Waals surface area contributed by atoms with Crippen LogP contribution in [0.15, 0.2) is 24.0 Å². The van der Waals surface area contributed by atoms with Gasteiger partial charge in [-0.1, -0.05) is 12.5 Å². The molecule has 0 aliphatic carbocycles. The molecule has 0 fully saturated rings. The third-order valence-corrected chi connectivity index (χ3v) is 1.53. The van der Waals surface area contributed by atoms with E-state index in [1.54, 1.807) is 18.6 Å². The van der Waals surface area contributed by atoms with Crippen molar-refractivity contribution in [1.29, 1.82) is 0 Å². The van der Waals surface area contributed by atoms with Crippen molar-refractivity contribution in [3.05, 3.63) is 24.5 Å². The SMILES string of the molecule is C#CCOc1ncc(C(=C)N=CC)cn1. The summed E-state index contributed by atoms with van der Waals surface area (Å²) >= 11 is 0. The van der Waals surface area contributed by atoms with E-state index in [1.165, 1.54) is 0 Å². The summed E-state index contributed by atoms with van der Waals surface area (Å²) in [6, 6.07) is 0.255. The van der Waals surface area contributed by atoms with Gasteiger partial charge in [-0.15, -0.1) is 6.42 Å². The molecule has 1 rings (SSSR count). The molecule has 1 aromatic rings. The molecule has 4 nitrogen and oxygen atoms in total. The molecule has 0 aliphatic heterocycles. The Morgan fingerprint density at radius 3 is 2.87 bits per heavy atom. The van der Waals surface area contributed by atoms with Crippen LogP contribution in [0.1, 0.15) is 12.5 Å². The van der Waals surface area contributed by atoms with Gasteiger partial charge < -0.3 is 4.74 Å². The van der Waals surface area contributed by atoms with Crippen LogP contribution in [0.2, 0.25) is 0 Å². The molecule has 0 atom stereocenters. The number of hydrogen-bond donors (Lipinski definition) is 0. The van der Waals surface area contributed by atoms with Crippen LogP contribution in [-0.4, -0.2) is 22.8 Å². The molecule has 0 N–H and O–H groups in total. The first-order chi connectivity index (χ1) is 7.27. The average Bonchev–Trinajstić information content (AvgIpc) is 2.27. The van der Waals surface area contributed by atoms with Gasteiger partial charge in [0.2, 0.25) is 0 Å². The van der Waals surface area contributed by atoms with E-state index in [4.69, 9.17) is 11.2 Å². The van der Waals surface area contributed by atoms with E-state index in [-0.39, 0.29) is 12.6 Å². The van der Waals surface area contributed by atoms with Crippen molar-refractivity contribution in [3.63, 3.8) is 0 Å². The van der Waals surface area contributed by atoms with Crippen LogP contribution < -0.4 is 4.74 Å². The zero-order chi connectivity index (χ0) is 11.1. The molecule has 0 amide bonds. The van der Waals surface area contributed by atoms with Gasteiger partial charge in [-0.25, -0.2) is 9.97 Å². The number of rotatable bonds is 4. The fourth-order valence-electron chi connectivity index (χ4n) is 0.876. The highest BCUT2D eigenvalue weighted by Gasteiger charge is 1.99. The molecule has 0 aliphatic rings. The number of hydrogen-bond acceptors (Lipinski definition) is 4. The van der Waals surface area contributed by atoms with Gasteiger partial charge in [0.05, 0.1) is 5.70 Å². The third-order valence-electron chi connectivity index (χ3n) is 1.53. The van der Waals surface area contributed by atoms with Gasteiger partial charge in [-0.2, -0.15) is 0 Å². The molecule has 15 heavy (non-hydrogen) atoms. The fourth-order valence-corrected chi connectivity index (χ4v) is 0.876. The van der Waals surface area contributed by atoms with Gasteiger partial charge in [0, 0.05) is 24.2 Å². The molecule has 0 saturated heterocycles. The predicted octanol–water partition coefficient (Wildman–Crippen LogP) is 1.55. The van der Waals surface area contributed by atoms with Gasteiger partial charge in [0.25, 0.3) is 0 Å². The highest BCUT2D eigenvalue weighted by Crippen LogP contribution is 2.12. The van der Waals surface area contributed by atoms with Crippen molar-refractivity contribution in [1.82, 2.24) is 9.97 Å². The molecule has 76 valence electrons. The lowest BCUT2D eigenvalue weighted by molar-refractivity contribution is 0.339. The van der Waals surface area contributed by atoms with E-state index in [9.17, 15) is 0 Å². The largest absolute Gasteiger partial charge is 0.450 e. The normalized spacial score (nSPS) is 9.87. The monoisotopic (exact) mass is 201 g/mol. The maximum absolute atomic E-state index is 5.03. The van der Waals surface area contributed by atoms with Crippen molar-refractivity contribution in [3.8, 4) is 18.4 Å². The topological polar surface area (TPSA) is 47.4 Å². The van der Waals surface area contributed by atoms with E-state index in [2.05, 4.69) is 27.5 Å². The Morgan fingerprint density at radius 2 is 2.33 bits per heavy atom. The summed E-state index contributed by atoms with van der Waals surface area (Å²) in [6.45, 7) is 5.73. The second kappa shape index (κ2) is 5.55. The molecular formula is C11H11N3O. The molecule has 1 aromatic heterocycles. The molecular weight excluding hydrogens is 190 g/mol. The Labute approximate surface area is 88.7 Å². The van der Waals surface area contributed by atoms with Crippen LogP contribution in [0.25, 0.3) is 5.70 Å². The van der Waals surface area contributed by atoms with Gasteiger partial charge >= 0.3 is 6.01 Å². The van der Waals surface area contributed by atoms with Crippen molar-refractivity contribution in [2.24, 2.45) is 4.99 Å². The lowest BCUT2D eigenvalue weighted by atomic mass is 10.3. The Bertz CT molecular complexity index is 401. The molecule has 4 heteroatoms. The first kappa shape index (κ1) is 10.9. The predicted molar refractivity (Wildman–Crippen MR) is 59.6 cm³/mol. The highest BCUT2D eigenvalue weighted by atomic mass is 16.5. The van der Waals surface area contributed by atoms with E-state index in [0.717, 1.165) is 5.56 Å². The summed E-state index contributed by atoms with van der Waals surface area (Å²) in [6.07, 6.45) is 9.87. The summed E-state index contributed by atoms with van der Waals surface area (Å²) in [7, 11) is 0. The number of nitrogens with zero attached hydrogens (tertiary/aromatic N) is 3. The standard InChI is InChI=1S/C11H11N3O/c1-4-6-15-11-13-7-10(8-14-11)9(3)12-5-2/h1,5,7-8H,3,6H2,2H3. The molecule has 0 spiro atoms. The van der Waals surface area contributed by atoms with Gasteiger partial charge in [0.15, 0.2) is 6.61 Å². The number of terminal acetylenes is 1. The highest BCUT2D eigenvalue weighted by molar-refractivity contribution is 5.70. The van der Waals surface area contributed by atoms with E-state index < -0.39 is 0 Å². The summed E-state index contributed by atoms with van der Waals surface area (Å²) in [4.78, 5) is 11.9. The Kier molecular flexibility index (Phi) is 4.05. The number of ether oxygens (including phenoxy) is 1. The molecule has 1 heterocycles. The van der Waals surface area contributed by atoms with Crippen molar-refractivity contribution >= 4 is 11.9 Å². The van der Waals surface area contributed by atoms with Crippen LogP contribution in [0.4, 0.5) is 0 Å². The summed E-state index contributed by atoms with van der Waals surface area (Å²) in [5.74, 6) is 2.33. The van der Waals surface area contributed by atoms with Crippen molar-refractivity contribution < 1.29 is 4.74 Å². The third kappa shape index (κ3) is 3.24. The van der Waals surface area contributed by atoms with Crippen molar-refractivity contribution in [2.75, 3.05) is 6.61 Å². The summed E-state index contributed by atoms with van der Waals surface area (Å²) in [5, 5.41) is 0. The maximum Gasteiger partial charge on any atom is 0.317 e. The quantitative estimate of drug-likeness (QED) is 0.548. The summed E-state index contributed by atoms with van der Waals surface area (Å²) < 4.78 is 5.02. The molecule has 0 saturated carbocycles. The van der Waals surface area contributed by atoms with Crippen LogP contribution in [0, 0.1) is 12.3 Å². The van der Waals surface area contributed by atoms with Crippen molar-refractivity contribution in [2.45, 2.75) is 6.92 Å². The lowest BCUT2D eigenvalue weighted by Gasteiger charge is -2.01. The van der Waals surface area contributed by atoms with Crippen LogP contribution in [0.3, 0.4) is 0 Å². The summed E-state index contributed by atoms with van der Waals surface area (Å²) in [5.41, 5.74) is 1.36. The fraction of sp³-hybridized carbons (Fsp3) is 0.182. The first-order valence-corrected chi connectivity index (χ1v) is 4.34. The number of aromatic nitrogens is 2. The van der Waals surface area contributed by atoms with Gasteiger partial charge in [0.1, 0.15) is 0 Å². The van der Waals surface area contributed by atoms with Gasteiger partial charge in [-0.05, 0) is 6.92 Å². The van der Waals surface area contributed by atoms with E-state index >= 15 is 0 Å². The van der Waals surface area contributed by atoms with Crippen LogP contribution in [-0.2, 0) is 0 Å². The average molecular weight is 201 g/mol. The molecule has 0 bridgehead atoms. The lowest BCUT2D eigenvalue weighted by Crippen LogP contribution is -1.98. The zero-order valence-electron chi connectivity index (χ0n) is 8.47. The number of aliphatic imine (C=N–C) groups is 1. The van der Waals surface area contributed by atoms with Crippen LogP contribution >= 0.6 is 0 Å².